The van der Waals surface area contributed by atoms with Crippen molar-refractivity contribution in [3.8, 4) is 0 Å². The average molecular weight is 331 g/mol. The molecule has 0 bridgehead atoms. The molecule has 0 aromatic carbocycles. The second-order valence-corrected chi connectivity index (χ2v) is 7.23. The zero-order valence-corrected chi connectivity index (χ0v) is 11.8. The first-order valence-electron chi connectivity index (χ1n) is 4.70. The van der Waals surface area contributed by atoms with E-state index in [-0.39, 0.29) is 29.0 Å². The fourth-order valence-electron chi connectivity index (χ4n) is 1.64. The molecule has 0 radical (unpaired) electrons. The zero-order valence-electron chi connectivity index (χ0n) is 8.68. The second kappa shape index (κ2) is 4.80. The fourth-order valence-corrected chi connectivity index (χ4v) is 3.19. The number of aromatic nitrogens is 2. The number of halogens is 3. The van der Waals surface area contributed by atoms with E-state index in [1.807, 2.05) is 0 Å². The van der Waals surface area contributed by atoms with Gasteiger partial charge in [-0.2, -0.15) is 0 Å². The summed E-state index contributed by atoms with van der Waals surface area (Å²) in [5, 5.41) is -1.02. The van der Waals surface area contributed by atoms with Gasteiger partial charge in [0, 0.05) is 23.6 Å². The van der Waals surface area contributed by atoms with Gasteiger partial charge in [0.05, 0.1) is 0 Å². The molecule has 0 spiro atoms. The highest BCUT2D eigenvalue weighted by molar-refractivity contribution is 8.14. The average Bonchev–Trinajstić information content (AvgIpc) is 2.60. The number of nitrogens with zero attached hydrogens (tertiary/aromatic N) is 3. The lowest BCUT2D eigenvalue weighted by molar-refractivity contribution is -0.117. The predicted molar refractivity (Wildman–Crippen MR) is 67.6 cm³/mol. The Morgan fingerprint density at radius 3 is 2.28 bits per heavy atom. The molecule has 2 heterocycles. The summed E-state index contributed by atoms with van der Waals surface area (Å²) in [6.07, 6.45) is 0.928. The summed E-state index contributed by atoms with van der Waals surface area (Å²) in [5.41, 5.74) is 0.105. The van der Waals surface area contributed by atoms with E-state index in [4.69, 9.17) is 33.9 Å². The molecule has 6 nitrogen and oxygen atoms in total. The van der Waals surface area contributed by atoms with Gasteiger partial charge in [-0.3, -0.25) is 4.79 Å². The lowest BCUT2D eigenvalue weighted by Crippen LogP contribution is -2.27. The molecule has 1 aromatic heterocycles. The van der Waals surface area contributed by atoms with Crippen LogP contribution in [0.1, 0.15) is 6.42 Å². The summed E-state index contributed by atoms with van der Waals surface area (Å²) in [6.45, 7) is -0.114. The molecule has 0 aliphatic carbocycles. The Morgan fingerprint density at radius 1 is 1.28 bits per heavy atom. The van der Waals surface area contributed by atoms with E-state index in [1.54, 1.807) is 0 Å². The van der Waals surface area contributed by atoms with Crippen molar-refractivity contribution in [2.75, 3.05) is 11.4 Å². The number of hydrogen-bond acceptors (Lipinski definition) is 5. The van der Waals surface area contributed by atoms with Crippen molar-refractivity contribution in [1.29, 1.82) is 0 Å². The van der Waals surface area contributed by atoms with Crippen LogP contribution in [0.5, 0.6) is 0 Å². The molecule has 1 fully saturated rings. The Hall–Kier alpha value is -0.630. The normalized spacial score (nSPS) is 20.5. The summed E-state index contributed by atoms with van der Waals surface area (Å²) < 4.78 is 22.4. The number of rotatable bonds is 2. The van der Waals surface area contributed by atoms with Gasteiger partial charge >= 0.3 is 0 Å². The molecule has 0 saturated carbocycles. The van der Waals surface area contributed by atoms with Gasteiger partial charge in [0.25, 0.3) is 0 Å². The Kier molecular flexibility index (Phi) is 3.68. The van der Waals surface area contributed by atoms with E-state index in [1.165, 1.54) is 0 Å². The summed E-state index contributed by atoms with van der Waals surface area (Å²) in [4.78, 5) is 20.3. The quantitative estimate of drug-likeness (QED) is 0.606. The van der Waals surface area contributed by atoms with Gasteiger partial charge in [-0.25, -0.2) is 18.4 Å². The Balaban J connectivity index is 2.39. The van der Waals surface area contributed by atoms with Gasteiger partial charge in [0.15, 0.2) is 10.3 Å². The topological polar surface area (TPSA) is 80.2 Å². The first kappa shape index (κ1) is 13.8. The van der Waals surface area contributed by atoms with Gasteiger partial charge in [-0.1, -0.05) is 23.2 Å². The van der Waals surface area contributed by atoms with Crippen LogP contribution in [-0.4, -0.2) is 36.1 Å². The first-order valence-corrected chi connectivity index (χ1v) is 7.83. The smallest absolute Gasteiger partial charge is 0.237 e. The fraction of sp³-hybridized carbons (Fsp3) is 0.375. The first-order chi connectivity index (χ1) is 8.30. The minimum absolute atomic E-state index is 0.0176. The van der Waals surface area contributed by atoms with E-state index >= 15 is 0 Å². The maximum absolute atomic E-state index is 11.8. The van der Waals surface area contributed by atoms with Crippen LogP contribution in [-0.2, 0) is 13.8 Å². The van der Waals surface area contributed by atoms with Crippen LogP contribution in [0.3, 0.4) is 0 Å². The summed E-state index contributed by atoms with van der Waals surface area (Å²) >= 11 is 11.6. The van der Waals surface area contributed by atoms with Gasteiger partial charge in [0.2, 0.25) is 15.0 Å². The van der Waals surface area contributed by atoms with Gasteiger partial charge < -0.3 is 4.90 Å². The van der Waals surface area contributed by atoms with Crippen LogP contribution >= 0.6 is 33.9 Å². The Bertz CT molecular complexity index is 587. The maximum Gasteiger partial charge on any atom is 0.237 e. The Morgan fingerprint density at radius 2 is 1.83 bits per heavy atom. The zero-order chi connectivity index (χ0) is 13.5. The van der Waals surface area contributed by atoms with Crippen LogP contribution in [0.4, 0.5) is 5.69 Å². The molecule has 10 heteroatoms. The molecular formula is C8H6Cl3N3O3S. The minimum Gasteiger partial charge on any atom is -0.306 e. The molecule has 0 N–H and O–H groups in total. The van der Waals surface area contributed by atoms with Gasteiger partial charge in [-0.15, -0.1) is 0 Å². The number of carbonyl (C=O) groups is 1. The van der Waals surface area contributed by atoms with Crippen LogP contribution in [0.15, 0.2) is 6.33 Å². The van der Waals surface area contributed by atoms with E-state index in [0.29, 0.717) is 0 Å². The molecule has 1 aliphatic rings. The van der Waals surface area contributed by atoms with Crippen LogP contribution in [0.25, 0.3) is 0 Å². The van der Waals surface area contributed by atoms with Crippen molar-refractivity contribution >= 4 is 54.5 Å². The highest BCUT2D eigenvalue weighted by atomic mass is 35.7. The van der Waals surface area contributed by atoms with Gasteiger partial charge in [-0.05, 0) is 0 Å². The molecule has 1 aromatic rings. The summed E-state index contributed by atoms with van der Waals surface area (Å²) in [5.74, 6) is -0.442. The SMILES string of the molecule is O=C1CC(S(=O)(=O)Cl)CN1c1c(Cl)ncnc1Cl. The molecule has 18 heavy (non-hydrogen) atoms. The molecule has 1 atom stereocenters. The minimum atomic E-state index is -3.82. The number of hydrogen-bond donors (Lipinski definition) is 0. The maximum atomic E-state index is 11.8. The number of amides is 1. The van der Waals surface area contributed by atoms with Crippen LogP contribution in [0, 0.1) is 0 Å². The van der Waals surface area contributed by atoms with E-state index in [0.717, 1.165) is 11.2 Å². The predicted octanol–water partition coefficient (Wildman–Crippen LogP) is 1.46. The van der Waals surface area contributed by atoms with Crippen molar-refractivity contribution in [3.05, 3.63) is 16.6 Å². The standard InChI is InChI=1S/C8H6Cl3N3O3S/c9-7-6(8(10)13-3-12-7)14-2-4(1-5(14)15)18(11,16)17/h3-4H,1-2H2. The van der Waals surface area contributed by atoms with Crippen molar-refractivity contribution in [2.45, 2.75) is 11.7 Å². The van der Waals surface area contributed by atoms with E-state index in [9.17, 15) is 13.2 Å². The van der Waals surface area contributed by atoms with Crippen molar-refractivity contribution in [3.63, 3.8) is 0 Å². The highest BCUT2D eigenvalue weighted by Crippen LogP contribution is 2.34. The largest absolute Gasteiger partial charge is 0.306 e. The number of anilines is 1. The highest BCUT2D eigenvalue weighted by Gasteiger charge is 2.39. The van der Waals surface area contributed by atoms with Crippen LogP contribution in [0.2, 0.25) is 10.3 Å². The lowest BCUT2D eigenvalue weighted by atomic mass is 10.4. The Labute approximate surface area is 117 Å². The third-order valence-electron chi connectivity index (χ3n) is 2.49. The van der Waals surface area contributed by atoms with Crippen molar-refractivity contribution in [2.24, 2.45) is 0 Å². The number of carbonyl (C=O) groups excluding carboxylic acids is 1. The third kappa shape index (κ3) is 2.54. The van der Waals surface area contributed by atoms with E-state index < -0.39 is 20.2 Å². The molecular weight excluding hydrogens is 325 g/mol. The van der Waals surface area contributed by atoms with Crippen molar-refractivity contribution < 1.29 is 13.2 Å². The third-order valence-corrected chi connectivity index (χ3v) is 4.91. The molecule has 98 valence electrons. The molecule has 2 rings (SSSR count). The monoisotopic (exact) mass is 329 g/mol. The molecule has 1 amide bonds. The molecule has 1 aliphatic heterocycles. The second-order valence-electron chi connectivity index (χ2n) is 3.61. The van der Waals surface area contributed by atoms with E-state index in [2.05, 4.69) is 9.97 Å². The van der Waals surface area contributed by atoms with Gasteiger partial charge in [0.1, 0.15) is 17.3 Å². The lowest BCUT2D eigenvalue weighted by Gasteiger charge is -2.17. The summed E-state index contributed by atoms with van der Waals surface area (Å²) in [6, 6.07) is 0. The molecule has 1 unspecified atom stereocenters. The molecule has 1 saturated heterocycles. The summed E-state index contributed by atoms with van der Waals surface area (Å²) in [7, 11) is 1.41. The van der Waals surface area contributed by atoms with Crippen molar-refractivity contribution in [1.82, 2.24) is 9.97 Å². The van der Waals surface area contributed by atoms with Crippen LogP contribution < -0.4 is 4.90 Å².